The number of fused-ring (bicyclic) bond motifs is 3. The molecule has 1 aliphatic carbocycles. The molecule has 4 fully saturated rings. The van der Waals surface area contributed by atoms with Crippen LogP contribution in [-0.2, 0) is 52.4 Å². The first kappa shape index (κ1) is 58.9. The van der Waals surface area contributed by atoms with Crippen LogP contribution in [0.1, 0.15) is 139 Å². The molecule has 1 saturated carbocycles. The van der Waals surface area contributed by atoms with Gasteiger partial charge in [-0.3, -0.25) is 19.2 Å². The number of ether oxygens (including phenoxy) is 6. The van der Waals surface area contributed by atoms with E-state index in [0.717, 1.165) is 42.8 Å². The summed E-state index contributed by atoms with van der Waals surface area (Å²) < 4.78 is 36.5. The van der Waals surface area contributed by atoms with Crippen molar-refractivity contribution in [3.8, 4) is 0 Å². The maximum Gasteiger partial charge on any atom is 0.329 e. The van der Waals surface area contributed by atoms with Crippen LogP contribution >= 0.6 is 11.8 Å². The Bertz CT molecular complexity index is 1950. The number of rotatable bonds is 9. The second kappa shape index (κ2) is 27.0. The molecule has 0 aromatic rings. The number of esters is 1. The van der Waals surface area contributed by atoms with Crippen molar-refractivity contribution in [2.45, 2.75) is 199 Å². The molecule has 0 aromatic heterocycles. The molecule has 71 heavy (non-hydrogen) atoms. The largest absolute Gasteiger partial charge is 0.460 e. The number of hydrogen-bond donors (Lipinski definition) is 2. The van der Waals surface area contributed by atoms with E-state index < -0.39 is 77.8 Å². The zero-order valence-electron chi connectivity index (χ0n) is 44.6. The van der Waals surface area contributed by atoms with Gasteiger partial charge in [0.1, 0.15) is 30.1 Å². The number of carbonyl (C=O) groups excluding carboxylic acids is 5. The molecule has 15 atom stereocenters. The summed E-state index contributed by atoms with van der Waals surface area (Å²) in [5.41, 5.74) is 1.17. The highest BCUT2D eigenvalue weighted by molar-refractivity contribution is 8.00. The Kier molecular flexibility index (Phi) is 22.4. The minimum absolute atomic E-state index is 0.0218. The second-order valence-corrected chi connectivity index (χ2v) is 22.9. The molecule has 400 valence electrons. The van der Waals surface area contributed by atoms with Crippen molar-refractivity contribution in [1.82, 2.24) is 4.90 Å². The van der Waals surface area contributed by atoms with Gasteiger partial charge < -0.3 is 43.5 Å². The zero-order chi connectivity index (χ0) is 52.2. The van der Waals surface area contributed by atoms with Crippen molar-refractivity contribution in [3.63, 3.8) is 0 Å². The van der Waals surface area contributed by atoms with Crippen LogP contribution in [0.5, 0.6) is 0 Å². The third kappa shape index (κ3) is 15.5. The number of cyclic esters (lactones) is 1. The number of thioether (sulfide) groups is 1. The van der Waals surface area contributed by atoms with E-state index in [0.29, 0.717) is 56.4 Å². The van der Waals surface area contributed by atoms with Gasteiger partial charge in [-0.1, -0.05) is 71.1 Å². The van der Waals surface area contributed by atoms with Crippen LogP contribution in [0.4, 0.5) is 0 Å². The standard InChI is InChI=1S/C56H87NO13S/c1-34-17-13-12-14-18-35(2)46(65-9)30-42-24-21-40(7)56(64,69-42)52(61)53(62)57-26-16-15-19-43(57)54(63)68-47(31-44(58)37(4)28-39(6)50(60)51(67-11)49(59)38(5)27-34)36(3)20-22-41-23-25-45(48(29-41)66-10)70-55(8)32-71-33-55/h12-14,17-18,28,34,36-38,40-43,45-48,50-51,60,64H,15-16,19-27,29-33H2,1-11H3/b14-12?,17-13+,35-18?,39-28+/t34-,36-,37-,38-,40-,41-,42+,43+,45-,46+,47+,48-,50-,51+,56-/m1/s1. The first-order valence-corrected chi connectivity index (χ1v) is 27.5. The van der Waals surface area contributed by atoms with Gasteiger partial charge in [-0.25, -0.2) is 4.79 Å². The molecule has 1 amide bonds. The van der Waals surface area contributed by atoms with E-state index in [1.807, 2.05) is 69.8 Å². The van der Waals surface area contributed by atoms with Crippen molar-refractivity contribution < 1.29 is 62.6 Å². The molecule has 0 radical (unpaired) electrons. The Morgan fingerprint density at radius 3 is 2.25 bits per heavy atom. The minimum Gasteiger partial charge on any atom is -0.460 e. The second-order valence-electron chi connectivity index (χ2n) is 22.0. The van der Waals surface area contributed by atoms with Gasteiger partial charge in [0.25, 0.3) is 11.7 Å². The smallest absolute Gasteiger partial charge is 0.329 e. The van der Waals surface area contributed by atoms with Crippen LogP contribution in [-0.4, -0.2) is 144 Å². The highest BCUT2D eigenvalue weighted by Gasteiger charge is 2.53. The van der Waals surface area contributed by atoms with Gasteiger partial charge in [0.15, 0.2) is 5.78 Å². The predicted molar refractivity (Wildman–Crippen MR) is 274 cm³/mol. The summed E-state index contributed by atoms with van der Waals surface area (Å²) in [4.78, 5) is 72.4. The minimum atomic E-state index is -2.42. The molecule has 2 bridgehead atoms. The number of aliphatic hydroxyl groups excluding tert-OH is 1. The number of nitrogens with zero attached hydrogens (tertiary/aromatic N) is 1. The molecule has 5 aliphatic rings. The Balaban J connectivity index is 1.43. The highest BCUT2D eigenvalue weighted by Crippen LogP contribution is 2.40. The average Bonchev–Trinajstić information content (AvgIpc) is 3.34. The van der Waals surface area contributed by atoms with Crippen molar-refractivity contribution in [1.29, 1.82) is 0 Å². The van der Waals surface area contributed by atoms with Crippen molar-refractivity contribution >= 4 is 41.0 Å². The molecule has 15 heteroatoms. The lowest BCUT2D eigenvalue weighted by Crippen LogP contribution is -2.61. The number of Topliss-reactive ketones (excluding diaryl/α,β-unsaturated/α-hetero) is 3. The molecule has 0 spiro atoms. The number of carbonyl (C=O) groups is 5. The Morgan fingerprint density at radius 2 is 1.59 bits per heavy atom. The lowest BCUT2D eigenvalue weighted by atomic mass is 9.80. The van der Waals surface area contributed by atoms with E-state index in [1.54, 1.807) is 41.1 Å². The highest BCUT2D eigenvalue weighted by atomic mass is 32.2. The lowest BCUT2D eigenvalue weighted by Gasteiger charge is -2.44. The van der Waals surface area contributed by atoms with Crippen LogP contribution in [0.25, 0.3) is 0 Å². The number of piperidine rings is 1. The summed E-state index contributed by atoms with van der Waals surface area (Å²) in [5.74, 6) is -5.58. The summed E-state index contributed by atoms with van der Waals surface area (Å²) in [7, 11) is 4.72. The third-order valence-corrected chi connectivity index (χ3v) is 17.7. The number of aliphatic hydroxyl groups is 2. The fraction of sp³-hybridized carbons (Fsp3) is 0.768. The van der Waals surface area contributed by atoms with Crippen LogP contribution < -0.4 is 0 Å². The summed E-state index contributed by atoms with van der Waals surface area (Å²) in [5, 5.41) is 23.5. The summed E-state index contributed by atoms with van der Waals surface area (Å²) in [6.07, 6.45) is 14.0. The van der Waals surface area contributed by atoms with Crippen LogP contribution in [0, 0.1) is 35.5 Å². The molecule has 4 aliphatic heterocycles. The third-order valence-electron chi connectivity index (χ3n) is 16.0. The van der Waals surface area contributed by atoms with Gasteiger partial charge in [-0.2, -0.15) is 11.8 Å². The zero-order valence-corrected chi connectivity index (χ0v) is 45.4. The quantitative estimate of drug-likeness (QED) is 0.128. The van der Waals surface area contributed by atoms with Gasteiger partial charge in [0, 0.05) is 70.0 Å². The van der Waals surface area contributed by atoms with Gasteiger partial charge >= 0.3 is 5.97 Å². The van der Waals surface area contributed by atoms with E-state index in [4.69, 9.17) is 28.4 Å². The fourth-order valence-corrected chi connectivity index (χ4v) is 12.0. The van der Waals surface area contributed by atoms with Gasteiger partial charge in [-0.15, -0.1) is 0 Å². The topological polar surface area (TPSA) is 184 Å². The first-order chi connectivity index (χ1) is 33.6. The first-order valence-electron chi connectivity index (χ1n) is 26.4. The van der Waals surface area contributed by atoms with E-state index in [9.17, 15) is 34.2 Å². The Morgan fingerprint density at radius 1 is 0.859 bits per heavy atom. The molecule has 5 rings (SSSR count). The maximum absolute atomic E-state index is 14.5. The molecular weight excluding hydrogens is 927 g/mol. The van der Waals surface area contributed by atoms with E-state index in [-0.39, 0.29) is 60.6 Å². The average molecular weight is 1010 g/mol. The van der Waals surface area contributed by atoms with E-state index in [1.165, 1.54) is 12.0 Å². The predicted octanol–water partition coefficient (Wildman–Crippen LogP) is 8.10. The fourth-order valence-electron chi connectivity index (χ4n) is 11.1. The molecule has 2 N–H and O–H groups in total. The van der Waals surface area contributed by atoms with Crippen LogP contribution in [0.2, 0.25) is 0 Å². The number of methoxy groups -OCH3 is 3. The van der Waals surface area contributed by atoms with E-state index >= 15 is 0 Å². The van der Waals surface area contributed by atoms with Crippen molar-refractivity contribution in [2.75, 3.05) is 39.4 Å². The number of hydrogen-bond acceptors (Lipinski definition) is 14. The number of amides is 1. The van der Waals surface area contributed by atoms with Crippen molar-refractivity contribution in [2.24, 2.45) is 35.5 Å². The van der Waals surface area contributed by atoms with Crippen molar-refractivity contribution in [3.05, 3.63) is 47.6 Å². The maximum atomic E-state index is 14.5. The Labute approximate surface area is 428 Å². The normalized spacial score (nSPS) is 38.5. The summed E-state index contributed by atoms with van der Waals surface area (Å²) >= 11 is 1.88. The molecule has 4 heterocycles. The van der Waals surface area contributed by atoms with Gasteiger partial charge in [0.2, 0.25) is 5.79 Å². The molecule has 0 aromatic carbocycles. The lowest BCUT2D eigenvalue weighted by molar-refractivity contribution is -0.265. The van der Waals surface area contributed by atoms with E-state index in [2.05, 4.69) is 6.92 Å². The monoisotopic (exact) mass is 1010 g/mol. The van der Waals surface area contributed by atoms with Crippen LogP contribution in [0.15, 0.2) is 47.6 Å². The van der Waals surface area contributed by atoms with Crippen LogP contribution in [0.3, 0.4) is 0 Å². The number of allylic oxidation sites excluding steroid dienone is 6. The van der Waals surface area contributed by atoms with Gasteiger partial charge in [-0.05, 0) is 120 Å². The Hall–Kier alpha value is -3.02. The molecule has 0 unspecified atom stereocenters. The molecule has 14 nitrogen and oxygen atoms in total. The summed E-state index contributed by atoms with van der Waals surface area (Å²) in [6.45, 7) is 15.1. The summed E-state index contributed by atoms with van der Waals surface area (Å²) in [6, 6.07) is -1.12. The molecular formula is C56H87NO13S. The molecule has 3 saturated heterocycles. The SMILES string of the molecule is CO[C@H]1C[C@@H]2CC[C@@H](C)[C@@](O)(O2)C(=O)C(=O)N2CCCC[C@H]2C(=O)O[C@H]([C@H](C)CC[C@@H]2CC[C@@H](OC3(C)CSC3)[C@H](OC)C2)CC(=O)[C@H](C)/C=C(\C)[C@@H](O)[C@@H](OC)C(=O)[C@H](C)C[C@H](C)/C=C/C=CC=C1C. The van der Waals surface area contributed by atoms with Gasteiger partial charge in [0.05, 0.1) is 30.0 Å². The number of ketones is 3.